The van der Waals surface area contributed by atoms with E-state index in [9.17, 15) is 39.5 Å². The molecule has 38 heavy (non-hydrogen) atoms. The highest BCUT2D eigenvalue weighted by Crippen LogP contribution is 2.39. The van der Waals surface area contributed by atoms with Crippen LogP contribution in [0.2, 0.25) is 0 Å². The molecule has 0 radical (unpaired) electrons. The maximum atomic E-state index is 13.2. The molecule has 0 atom stereocenters. The van der Waals surface area contributed by atoms with Gasteiger partial charge in [0.05, 0.1) is 39.5 Å². The summed E-state index contributed by atoms with van der Waals surface area (Å²) in [6.07, 6.45) is -13.8. The lowest BCUT2D eigenvalue weighted by Crippen LogP contribution is -2.07. The molecule has 198 valence electrons. The molecule has 0 N–H and O–H groups in total. The number of aryl methyl sites for hydroxylation is 2. The van der Waals surface area contributed by atoms with E-state index in [0.29, 0.717) is 0 Å². The molecule has 0 unspecified atom stereocenters. The topological polar surface area (TPSA) is 25.8 Å². The monoisotopic (exact) mass is 540 g/mol. The summed E-state index contributed by atoms with van der Waals surface area (Å²) >= 11 is 0. The fourth-order valence-corrected chi connectivity index (χ4v) is 3.92. The molecule has 11 heteroatoms. The van der Waals surface area contributed by atoms with Crippen LogP contribution in [-0.2, 0) is 18.5 Å². The lowest BCUT2D eigenvalue weighted by Gasteiger charge is -2.17. The number of rotatable bonds is 3. The Morgan fingerprint density at radius 3 is 1.32 bits per heavy atom. The van der Waals surface area contributed by atoms with E-state index in [1.807, 2.05) is 0 Å². The maximum Gasteiger partial charge on any atom is 0.416 e. The third-order valence-corrected chi connectivity index (χ3v) is 5.85. The highest BCUT2D eigenvalue weighted by Gasteiger charge is 2.33. The van der Waals surface area contributed by atoms with Crippen LogP contribution in [-0.4, -0.2) is 9.97 Å². The van der Waals surface area contributed by atoms with Gasteiger partial charge in [0.2, 0.25) is 0 Å². The fraction of sp³-hybridized carbons (Fsp3) is 0.185. The van der Waals surface area contributed by atoms with Crippen LogP contribution in [0, 0.1) is 13.8 Å². The molecule has 0 spiro atoms. The molecular weight excluding hydrogens is 523 g/mol. The summed E-state index contributed by atoms with van der Waals surface area (Å²) < 4.78 is 118. The van der Waals surface area contributed by atoms with Crippen molar-refractivity contribution in [3.05, 3.63) is 94.7 Å². The summed E-state index contributed by atoms with van der Waals surface area (Å²) in [5, 5.41) is 0. The lowest BCUT2D eigenvalue weighted by atomic mass is 9.96. The van der Waals surface area contributed by atoms with Gasteiger partial charge >= 0.3 is 18.5 Å². The highest BCUT2D eigenvalue weighted by atomic mass is 19.4. The number of hydrogen-bond acceptors (Lipinski definition) is 2. The van der Waals surface area contributed by atoms with Gasteiger partial charge in [0.15, 0.2) is 0 Å². The Balaban J connectivity index is 1.92. The fourth-order valence-electron chi connectivity index (χ4n) is 3.92. The molecular formula is C27H17F9N2. The van der Waals surface area contributed by atoms with Crippen molar-refractivity contribution in [3.8, 4) is 33.8 Å². The summed E-state index contributed by atoms with van der Waals surface area (Å²) in [5.74, 6) is 0. The first-order valence-electron chi connectivity index (χ1n) is 11.0. The molecule has 0 saturated heterocycles. The zero-order valence-electron chi connectivity index (χ0n) is 19.6. The first-order chi connectivity index (χ1) is 17.6. The molecule has 4 rings (SSSR count). The van der Waals surface area contributed by atoms with Crippen LogP contribution in [0.4, 0.5) is 39.5 Å². The van der Waals surface area contributed by atoms with E-state index >= 15 is 0 Å². The standard InChI is InChI=1S/C27H17F9N2/c1-14-13-20(27(34,35)36)11-12-21(14)24-23(17-5-9-19(10-6-17)26(31,32)33)38-22(15(2)37-24)16-3-7-18(8-4-16)25(28,29)30/h3-13H,1-2H3. The van der Waals surface area contributed by atoms with E-state index in [0.717, 1.165) is 48.5 Å². The summed E-state index contributed by atoms with van der Waals surface area (Å²) in [7, 11) is 0. The molecule has 3 aromatic carbocycles. The van der Waals surface area contributed by atoms with Crippen LogP contribution >= 0.6 is 0 Å². The van der Waals surface area contributed by atoms with Crippen LogP contribution in [0.1, 0.15) is 27.9 Å². The zero-order chi connectivity index (χ0) is 28.0. The summed E-state index contributed by atoms with van der Waals surface area (Å²) in [4.78, 5) is 9.04. The van der Waals surface area contributed by atoms with Gasteiger partial charge < -0.3 is 0 Å². The van der Waals surface area contributed by atoms with E-state index in [4.69, 9.17) is 0 Å². The molecule has 0 saturated carbocycles. The highest BCUT2D eigenvalue weighted by molar-refractivity contribution is 5.82. The molecule has 0 aliphatic heterocycles. The van der Waals surface area contributed by atoms with Crippen molar-refractivity contribution in [2.45, 2.75) is 32.4 Å². The SMILES string of the molecule is Cc1cc(C(F)(F)F)ccc1-c1nc(C)c(-c2ccc(C(F)(F)F)cc2)nc1-c1ccc(C(F)(F)F)cc1. The third-order valence-electron chi connectivity index (χ3n) is 5.85. The van der Waals surface area contributed by atoms with Gasteiger partial charge in [0.1, 0.15) is 0 Å². The van der Waals surface area contributed by atoms with Crippen molar-refractivity contribution in [1.82, 2.24) is 9.97 Å². The van der Waals surface area contributed by atoms with Crippen molar-refractivity contribution < 1.29 is 39.5 Å². The Hall–Kier alpha value is -3.89. The normalized spacial score (nSPS) is 12.6. The van der Waals surface area contributed by atoms with Crippen molar-refractivity contribution in [3.63, 3.8) is 0 Å². The zero-order valence-corrected chi connectivity index (χ0v) is 19.6. The Labute approximate surface area is 210 Å². The molecule has 0 fully saturated rings. The molecule has 0 amide bonds. The maximum absolute atomic E-state index is 13.2. The van der Waals surface area contributed by atoms with Crippen molar-refractivity contribution >= 4 is 0 Å². The third kappa shape index (κ3) is 5.51. The average molecular weight is 540 g/mol. The number of benzene rings is 3. The van der Waals surface area contributed by atoms with Gasteiger partial charge in [-0.05, 0) is 55.8 Å². The average Bonchev–Trinajstić information content (AvgIpc) is 2.82. The second-order valence-corrected chi connectivity index (χ2v) is 8.53. The van der Waals surface area contributed by atoms with Gasteiger partial charge in [-0.1, -0.05) is 30.3 Å². The summed E-state index contributed by atoms with van der Waals surface area (Å²) in [6, 6.07) is 11.1. The van der Waals surface area contributed by atoms with Gasteiger partial charge in [-0.3, -0.25) is 0 Å². The van der Waals surface area contributed by atoms with E-state index in [1.54, 1.807) is 0 Å². The lowest BCUT2D eigenvalue weighted by molar-refractivity contribution is -0.138. The second-order valence-electron chi connectivity index (χ2n) is 8.53. The summed E-state index contributed by atoms with van der Waals surface area (Å²) in [5.41, 5.74) is -1.17. The molecule has 0 aliphatic carbocycles. The van der Waals surface area contributed by atoms with E-state index < -0.39 is 35.2 Å². The van der Waals surface area contributed by atoms with Gasteiger partial charge in [0, 0.05) is 16.7 Å². The predicted octanol–water partition coefficient (Wildman–Crippen LogP) is 9.15. The van der Waals surface area contributed by atoms with Crippen LogP contribution in [0.3, 0.4) is 0 Å². The van der Waals surface area contributed by atoms with Crippen molar-refractivity contribution in [2.24, 2.45) is 0 Å². The van der Waals surface area contributed by atoms with Crippen LogP contribution in [0.5, 0.6) is 0 Å². The largest absolute Gasteiger partial charge is 0.416 e. The minimum atomic E-state index is -4.60. The molecule has 0 bridgehead atoms. The van der Waals surface area contributed by atoms with Crippen molar-refractivity contribution in [1.29, 1.82) is 0 Å². The minimum Gasteiger partial charge on any atom is -0.249 e. The molecule has 1 aromatic heterocycles. The number of aromatic nitrogens is 2. The first kappa shape index (κ1) is 27.2. The van der Waals surface area contributed by atoms with E-state index in [-0.39, 0.29) is 45.0 Å². The van der Waals surface area contributed by atoms with Gasteiger partial charge in [-0.2, -0.15) is 39.5 Å². The van der Waals surface area contributed by atoms with Crippen molar-refractivity contribution in [2.75, 3.05) is 0 Å². The smallest absolute Gasteiger partial charge is 0.249 e. The molecule has 1 heterocycles. The van der Waals surface area contributed by atoms with E-state index in [2.05, 4.69) is 9.97 Å². The quantitative estimate of drug-likeness (QED) is 0.242. The van der Waals surface area contributed by atoms with Gasteiger partial charge in [-0.15, -0.1) is 0 Å². The second kappa shape index (κ2) is 9.45. The van der Waals surface area contributed by atoms with Crippen LogP contribution < -0.4 is 0 Å². The number of nitrogens with zero attached hydrogens (tertiary/aromatic N) is 2. The Kier molecular flexibility index (Phi) is 6.75. The van der Waals surface area contributed by atoms with E-state index in [1.165, 1.54) is 32.0 Å². The van der Waals surface area contributed by atoms with Crippen LogP contribution in [0.15, 0.2) is 66.7 Å². The molecule has 4 aromatic rings. The molecule has 2 nitrogen and oxygen atoms in total. The number of halogens is 9. The Bertz CT molecular complexity index is 1470. The van der Waals surface area contributed by atoms with Gasteiger partial charge in [0.25, 0.3) is 0 Å². The van der Waals surface area contributed by atoms with Gasteiger partial charge in [-0.25, -0.2) is 9.97 Å². The Morgan fingerprint density at radius 1 is 0.474 bits per heavy atom. The summed E-state index contributed by atoms with van der Waals surface area (Å²) in [6.45, 7) is 2.96. The predicted molar refractivity (Wildman–Crippen MR) is 123 cm³/mol. The number of hydrogen-bond donors (Lipinski definition) is 0. The first-order valence-corrected chi connectivity index (χ1v) is 11.0. The Morgan fingerprint density at radius 2 is 0.895 bits per heavy atom. The number of alkyl halides is 9. The molecule has 0 aliphatic rings. The minimum absolute atomic E-state index is 0.0575. The van der Waals surface area contributed by atoms with Crippen LogP contribution in [0.25, 0.3) is 33.8 Å².